The Morgan fingerprint density at radius 1 is 1.35 bits per heavy atom. The second-order valence-corrected chi connectivity index (χ2v) is 6.92. The molecule has 2 heterocycles. The first-order valence-corrected chi connectivity index (χ1v) is 8.51. The number of amides is 1. The lowest BCUT2D eigenvalue weighted by atomic mass is 10.2. The Hall–Kier alpha value is -0.700. The zero-order valence-electron chi connectivity index (χ0n) is 12.0. The molecule has 2 rings (SSSR count). The summed E-state index contributed by atoms with van der Waals surface area (Å²) in [6.07, 6.45) is 2.19. The van der Waals surface area contributed by atoms with E-state index in [1.54, 1.807) is 18.9 Å². The quantitative estimate of drug-likeness (QED) is 0.746. The Bertz CT molecular complexity index is 448. The number of hydrogen-bond acceptors (Lipinski definition) is 4. The molecule has 1 N–H and O–H groups in total. The van der Waals surface area contributed by atoms with Crippen LogP contribution in [0, 0.1) is 0 Å². The average Bonchev–Trinajstić information content (AvgIpc) is 3.07. The number of nitrogens with one attached hydrogen (secondary N) is 1. The van der Waals surface area contributed by atoms with Crippen LogP contribution in [0.15, 0.2) is 0 Å². The molecule has 2 fully saturated rings. The SMILES string of the molecule is CCNS(=O)(=O)N1C[C@@H](OC)C[C@H]1C(=O)N1CCCC1. The normalized spacial score (nSPS) is 28.2. The Morgan fingerprint density at radius 3 is 2.55 bits per heavy atom. The molecule has 0 radical (unpaired) electrons. The van der Waals surface area contributed by atoms with Crippen molar-refractivity contribution in [3.63, 3.8) is 0 Å². The van der Waals surface area contributed by atoms with Gasteiger partial charge in [0.2, 0.25) is 5.91 Å². The van der Waals surface area contributed by atoms with E-state index < -0.39 is 16.3 Å². The van der Waals surface area contributed by atoms with Crippen LogP contribution in [-0.2, 0) is 19.7 Å². The van der Waals surface area contributed by atoms with Crippen LogP contribution in [0.2, 0.25) is 0 Å². The van der Waals surface area contributed by atoms with Crippen molar-refractivity contribution in [2.24, 2.45) is 0 Å². The van der Waals surface area contributed by atoms with E-state index in [1.165, 1.54) is 4.31 Å². The Kier molecular flexibility index (Phi) is 5.00. The van der Waals surface area contributed by atoms with Gasteiger partial charge in [-0.15, -0.1) is 0 Å². The molecule has 0 aromatic carbocycles. The van der Waals surface area contributed by atoms with Crippen LogP contribution < -0.4 is 4.72 Å². The molecular weight excluding hydrogens is 282 g/mol. The van der Waals surface area contributed by atoms with Gasteiger partial charge in [0.15, 0.2) is 0 Å². The highest BCUT2D eigenvalue weighted by Crippen LogP contribution is 2.25. The maximum Gasteiger partial charge on any atom is 0.280 e. The topological polar surface area (TPSA) is 79.0 Å². The van der Waals surface area contributed by atoms with Crippen LogP contribution >= 0.6 is 0 Å². The minimum absolute atomic E-state index is 0.0940. The average molecular weight is 305 g/mol. The molecule has 2 aliphatic rings. The van der Waals surface area contributed by atoms with Crippen LogP contribution in [-0.4, -0.2) is 69.0 Å². The molecule has 1 amide bonds. The summed E-state index contributed by atoms with van der Waals surface area (Å²) in [5.41, 5.74) is 0. The molecule has 2 aliphatic heterocycles. The molecule has 116 valence electrons. The van der Waals surface area contributed by atoms with Crippen LogP contribution in [0.5, 0.6) is 0 Å². The van der Waals surface area contributed by atoms with Crippen molar-refractivity contribution in [2.75, 3.05) is 33.3 Å². The summed E-state index contributed by atoms with van der Waals surface area (Å²) in [5.74, 6) is -0.0940. The smallest absolute Gasteiger partial charge is 0.280 e. The fourth-order valence-corrected chi connectivity index (χ4v) is 4.25. The molecule has 0 spiro atoms. The molecule has 7 nitrogen and oxygen atoms in total. The lowest BCUT2D eigenvalue weighted by molar-refractivity contribution is -0.133. The highest BCUT2D eigenvalue weighted by atomic mass is 32.2. The molecule has 0 saturated carbocycles. The zero-order chi connectivity index (χ0) is 14.8. The first-order valence-electron chi connectivity index (χ1n) is 7.07. The van der Waals surface area contributed by atoms with Gasteiger partial charge in [0.25, 0.3) is 10.2 Å². The number of ether oxygens (including phenoxy) is 1. The van der Waals surface area contributed by atoms with Gasteiger partial charge >= 0.3 is 0 Å². The molecule has 2 atom stereocenters. The Morgan fingerprint density at radius 2 is 2.00 bits per heavy atom. The fraction of sp³-hybridized carbons (Fsp3) is 0.917. The number of hydrogen-bond donors (Lipinski definition) is 1. The summed E-state index contributed by atoms with van der Waals surface area (Å²) in [4.78, 5) is 14.3. The van der Waals surface area contributed by atoms with Crippen LogP contribution in [0.25, 0.3) is 0 Å². The summed E-state index contributed by atoms with van der Waals surface area (Å²) in [7, 11) is -2.07. The van der Waals surface area contributed by atoms with E-state index in [1.807, 2.05) is 0 Å². The van der Waals surface area contributed by atoms with E-state index in [-0.39, 0.29) is 18.6 Å². The van der Waals surface area contributed by atoms with Crippen molar-refractivity contribution in [2.45, 2.75) is 38.3 Å². The molecule has 8 heteroatoms. The third-order valence-electron chi connectivity index (χ3n) is 3.89. The Labute approximate surface area is 120 Å². The number of methoxy groups -OCH3 is 1. The van der Waals surface area contributed by atoms with E-state index >= 15 is 0 Å². The van der Waals surface area contributed by atoms with Crippen molar-refractivity contribution in [1.82, 2.24) is 13.9 Å². The van der Waals surface area contributed by atoms with Crippen molar-refractivity contribution in [3.05, 3.63) is 0 Å². The van der Waals surface area contributed by atoms with E-state index in [0.29, 0.717) is 13.0 Å². The van der Waals surface area contributed by atoms with Gasteiger partial charge in [0.1, 0.15) is 6.04 Å². The minimum Gasteiger partial charge on any atom is -0.380 e. The lowest BCUT2D eigenvalue weighted by Gasteiger charge is -2.26. The fourth-order valence-electron chi connectivity index (χ4n) is 2.84. The summed E-state index contributed by atoms with van der Waals surface area (Å²) in [5, 5.41) is 0. The molecule has 2 saturated heterocycles. The summed E-state index contributed by atoms with van der Waals surface area (Å²) in [6, 6.07) is -0.637. The van der Waals surface area contributed by atoms with Gasteiger partial charge in [-0.2, -0.15) is 12.7 Å². The first-order chi connectivity index (χ1) is 9.49. The summed E-state index contributed by atoms with van der Waals surface area (Å²) in [6.45, 7) is 3.71. The van der Waals surface area contributed by atoms with Crippen molar-refractivity contribution < 1.29 is 17.9 Å². The summed E-state index contributed by atoms with van der Waals surface area (Å²) < 4.78 is 33.4. The maximum absolute atomic E-state index is 12.5. The number of rotatable bonds is 5. The maximum atomic E-state index is 12.5. The first kappa shape index (κ1) is 15.7. The van der Waals surface area contributed by atoms with Crippen molar-refractivity contribution >= 4 is 16.1 Å². The molecule has 0 aliphatic carbocycles. The van der Waals surface area contributed by atoms with Gasteiger partial charge in [0, 0.05) is 39.7 Å². The molecule has 20 heavy (non-hydrogen) atoms. The highest BCUT2D eigenvalue weighted by molar-refractivity contribution is 7.87. The third kappa shape index (κ3) is 3.13. The van der Waals surface area contributed by atoms with Crippen LogP contribution in [0.4, 0.5) is 0 Å². The monoisotopic (exact) mass is 305 g/mol. The standard InChI is InChI=1S/C12H23N3O4S/c1-3-13-20(17,18)15-9-10(19-2)8-11(15)12(16)14-6-4-5-7-14/h10-11,13H,3-9H2,1-2H3/t10-,11-/m0/s1. The second-order valence-electron chi connectivity index (χ2n) is 5.21. The molecule has 0 aromatic rings. The van der Waals surface area contributed by atoms with Gasteiger partial charge in [-0.25, -0.2) is 4.72 Å². The van der Waals surface area contributed by atoms with Crippen LogP contribution in [0.3, 0.4) is 0 Å². The van der Waals surface area contributed by atoms with Gasteiger partial charge in [0.05, 0.1) is 6.10 Å². The Balaban J connectivity index is 2.17. The number of nitrogens with zero attached hydrogens (tertiary/aromatic N) is 2. The lowest BCUT2D eigenvalue weighted by Crippen LogP contribution is -2.50. The largest absolute Gasteiger partial charge is 0.380 e. The predicted octanol–water partition coefficient (Wildman–Crippen LogP) is -0.448. The number of likely N-dealkylation sites (tertiary alicyclic amines) is 1. The van der Waals surface area contributed by atoms with Gasteiger partial charge < -0.3 is 9.64 Å². The molecule has 0 aromatic heterocycles. The summed E-state index contributed by atoms with van der Waals surface area (Å²) >= 11 is 0. The molecule has 0 bridgehead atoms. The predicted molar refractivity (Wildman–Crippen MR) is 74.3 cm³/mol. The van der Waals surface area contributed by atoms with Crippen LogP contribution in [0.1, 0.15) is 26.2 Å². The molecule has 0 unspecified atom stereocenters. The third-order valence-corrected chi connectivity index (χ3v) is 5.56. The number of carbonyl (C=O) groups excluding carboxylic acids is 1. The van der Waals surface area contributed by atoms with E-state index in [9.17, 15) is 13.2 Å². The van der Waals surface area contributed by atoms with Crippen molar-refractivity contribution in [3.8, 4) is 0 Å². The van der Waals surface area contributed by atoms with Gasteiger partial charge in [-0.1, -0.05) is 6.92 Å². The van der Waals surface area contributed by atoms with E-state index in [2.05, 4.69) is 4.72 Å². The van der Waals surface area contributed by atoms with Gasteiger partial charge in [-0.05, 0) is 12.8 Å². The minimum atomic E-state index is -3.62. The number of carbonyl (C=O) groups is 1. The molecular formula is C12H23N3O4S. The van der Waals surface area contributed by atoms with Gasteiger partial charge in [-0.3, -0.25) is 4.79 Å². The second kappa shape index (κ2) is 6.38. The highest BCUT2D eigenvalue weighted by Gasteiger charge is 2.45. The van der Waals surface area contributed by atoms with Crippen molar-refractivity contribution in [1.29, 1.82) is 0 Å². The van der Waals surface area contributed by atoms with E-state index in [0.717, 1.165) is 25.9 Å². The zero-order valence-corrected chi connectivity index (χ0v) is 12.9. The van der Waals surface area contributed by atoms with E-state index in [4.69, 9.17) is 4.74 Å².